The van der Waals surface area contributed by atoms with Crippen LogP contribution < -0.4 is 10.6 Å². The van der Waals surface area contributed by atoms with Gasteiger partial charge in [-0.05, 0) is 19.3 Å². The van der Waals surface area contributed by atoms with Crippen molar-refractivity contribution in [3.8, 4) is 12.3 Å². The predicted octanol–water partition coefficient (Wildman–Crippen LogP) is 1.48. The van der Waals surface area contributed by atoms with Gasteiger partial charge in [0.1, 0.15) is 0 Å². The van der Waals surface area contributed by atoms with Crippen LogP contribution in [0.4, 0.5) is 4.79 Å². The highest BCUT2D eigenvalue weighted by atomic mass is 16.4. The number of hydrogen-bond donors (Lipinski definition) is 3. The van der Waals surface area contributed by atoms with Crippen molar-refractivity contribution in [2.45, 2.75) is 57.0 Å². The highest BCUT2D eigenvalue weighted by Gasteiger charge is 2.37. The van der Waals surface area contributed by atoms with Gasteiger partial charge in [-0.2, -0.15) is 0 Å². The summed E-state index contributed by atoms with van der Waals surface area (Å²) in [6.45, 7) is 1.88. The van der Waals surface area contributed by atoms with Gasteiger partial charge in [-0.25, -0.2) is 4.79 Å². The largest absolute Gasteiger partial charge is 0.481 e. The highest BCUT2D eigenvalue weighted by molar-refractivity contribution is 5.77. The van der Waals surface area contributed by atoms with Crippen molar-refractivity contribution in [1.82, 2.24) is 10.6 Å². The van der Waals surface area contributed by atoms with Crippen LogP contribution in [0.2, 0.25) is 0 Å². The first-order valence-corrected chi connectivity index (χ1v) is 6.28. The van der Waals surface area contributed by atoms with Crippen molar-refractivity contribution in [2.24, 2.45) is 0 Å². The van der Waals surface area contributed by atoms with E-state index in [1.54, 1.807) is 0 Å². The summed E-state index contributed by atoms with van der Waals surface area (Å²) in [6.07, 6.45) is 9.19. The van der Waals surface area contributed by atoms with E-state index in [9.17, 15) is 9.59 Å². The summed E-state index contributed by atoms with van der Waals surface area (Å²) >= 11 is 0. The topological polar surface area (TPSA) is 78.4 Å². The SMILES string of the molecule is C#CC(CC)NC(=O)NC1(CC(=O)O)CCCC1. The second kappa shape index (κ2) is 6.29. The van der Waals surface area contributed by atoms with Crippen molar-refractivity contribution >= 4 is 12.0 Å². The Bertz CT molecular complexity index is 354. The fourth-order valence-electron chi connectivity index (χ4n) is 2.38. The second-order valence-electron chi connectivity index (χ2n) is 4.78. The number of terminal acetylenes is 1. The normalized spacial score (nSPS) is 18.7. The molecule has 0 aliphatic heterocycles. The molecule has 1 atom stereocenters. The molecule has 0 radical (unpaired) electrons. The molecule has 100 valence electrons. The summed E-state index contributed by atoms with van der Waals surface area (Å²) in [4.78, 5) is 22.7. The molecule has 1 rings (SSSR count). The molecular formula is C13H20N2O3. The maximum absolute atomic E-state index is 11.8. The summed E-state index contributed by atoms with van der Waals surface area (Å²) < 4.78 is 0. The zero-order valence-corrected chi connectivity index (χ0v) is 10.7. The van der Waals surface area contributed by atoms with Crippen LogP contribution in [0.3, 0.4) is 0 Å². The summed E-state index contributed by atoms with van der Waals surface area (Å²) in [7, 11) is 0. The van der Waals surface area contributed by atoms with Gasteiger partial charge in [0.25, 0.3) is 0 Å². The number of carboxylic acids is 1. The van der Waals surface area contributed by atoms with Gasteiger partial charge < -0.3 is 15.7 Å². The molecule has 1 saturated carbocycles. The Balaban J connectivity index is 2.59. The Morgan fingerprint density at radius 3 is 2.50 bits per heavy atom. The van der Waals surface area contributed by atoms with E-state index in [1.165, 1.54) is 0 Å². The first-order valence-electron chi connectivity index (χ1n) is 6.28. The minimum atomic E-state index is -0.888. The van der Waals surface area contributed by atoms with Crippen LogP contribution in [0, 0.1) is 12.3 Å². The number of aliphatic carboxylic acids is 1. The number of carbonyl (C=O) groups is 2. The van der Waals surface area contributed by atoms with Crippen LogP contribution in [-0.4, -0.2) is 28.7 Å². The lowest BCUT2D eigenvalue weighted by molar-refractivity contribution is -0.138. The molecule has 5 heteroatoms. The standard InChI is InChI=1S/C13H20N2O3/c1-3-10(4-2)14-12(18)15-13(9-11(16)17)7-5-6-8-13/h1,10H,4-9H2,2H3,(H,16,17)(H2,14,15,18). The smallest absolute Gasteiger partial charge is 0.316 e. The molecule has 1 fully saturated rings. The third-order valence-corrected chi connectivity index (χ3v) is 3.34. The van der Waals surface area contributed by atoms with Crippen LogP contribution >= 0.6 is 0 Å². The second-order valence-corrected chi connectivity index (χ2v) is 4.78. The van der Waals surface area contributed by atoms with Crippen LogP contribution in [-0.2, 0) is 4.79 Å². The lowest BCUT2D eigenvalue weighted by atomic mass is 9.93. The first kappa shape index (κ1) is 14.4. The number of nitrogens with one attached hydrogen (secondary N) is 2. The first-order chi connectivity index (χ1) is 8.51. The zero-order valence-electron chi connectivity index (χ0n) is 10.7. The molecule has 1 aliphatic carbocycles. The summed E-state index contributed by atoms with van der Waals surface area (Å²) in [5, 5.41) is 14.4. The molecule has 0 spiro atoms. The van der Waals surface area contributed by atoms with E-state index in [0.29, 0.717) is 19.3 Å². The van der Waals surface area contributed by atoms with E-state index in [0.717, 1.165) is 12.8 Å². The molecule has 0 bridgehead atoms. The Kier molecular flexibility index (Phi) is 5.02. The molecule has 0 heterocycles. The number of amides is 2. The number of urea groups is 1. The maximum atomic E-state index is 11.8. The van der Waals surface area contributed by atoms with E-state index in [1.807, 2.05) is 6.92 Å². The molecule has 2 amide bonds. The van der Waals surface area contributed by atoms with Gasteiger partial charge in [-0.15, -0.1) is 6.42 Å². The molecule has 18 heavy (non-hydrogen) atoms. The van der Waals surface area contributed by atoms with E-state index in [2.05, 4.69) is 16.6 Å². The molecule has 0 aromatic carbocycles. The minimum Gasteiger partial charge on any atom is -0.481 e. The van der Waals surface area contributed by atoms with Crippen LogP contribution in [0.1, 0.15) is 45.4 Å². The number of hydrogen-bond acceptors (Lipinski definition) is 2. The Labute approximate surface area is 107 Å². The van der Waals surface area contributed by atoms with Crippen molar-refractivity contribution in [3.63, 3.8) is 0 Å². The summed E-state index contributed by atoms with van der Waals surface area (Å²) in [5.74, 6) is 1.58. The molecule has 5 nitrogen and oxygen atoms in total. The molecular weight excluding hydrogens is 232 g/mol. The Morgan fingerprint density at radius 2 is 2.06 bits per heavy atom. The fraction of sp³-hybridized carbons (Fsp3) is 0.692. The van der Waals surface area contributed by atoms with Gasteiger partial charge in [-0.1, -0.05) is 25.7 Å². The van der Waals surface area contributed by atoms with Gasteiger partial charge >= 0.3 is 12.0 Å². The quantitative estimate of drug-likeness (QED) is 0.648. The van der Waals surface area contributed by atoms with E-state index in [-0.39, 0.29) is 18.5 Å². The van der Waals surface area contributed by atoms with E-state index < -0.39 is 11.5 Å². The zero-order chi connectivity index (χ0) is 13.6. The lowest BCUT2D eigenvalue weighted by Gasteiger charge is -2.29. The third kappa shape index (κ3) is 3.95. The van der Waals surface area contributed by atoms with E-state index in [4.69, 9.17) is 11.5 Å². The fourth-order valence-corrected chi connectivity index (χ4v) is 2.38. The van der Waals surface area contributed by atoms with Gasteiger partial charge in [0.05, 0.1) is 18.0 Å². The average molecular weight is 252 g/mol. The lowest BCUT2D eigenvalue weighted by Crippen LogP contribution is -2.53. The van der Waals surface area contributed by atoms with Crippen molar-refractivity contribution < 1.29 is 14.7 Å². The molecule has 0 saturated heterocycles. The van der Waals surface area contributed by atoms with Crippen molar-refractivity contribution in [2.75, 3.05) is 0 Å². The Morgan fingerprint density at radius 1 is 1.44 bits per heavy atom. The van der Waals surface area contributed by atoms with Crippen LogP contribution in [0.15, 0.2) is 0 Å². The van der Waals surface area contributed by atoms with Gasteiger partial charge in [0.2, 0.25) is 0 Å². The summed E-state index contributed by atoms with van der Waals surface area (Å²) in [5.41, 5.74) is -0.608. The molecule has 1 aliphatic rings. The van der Waals surface area contributed by atoms with E-state index >= 15 is 0 Å². The Hall–Kier alpha value is -1.70. The third-order valence-electron chi connectivity index (χ3n) is 3.34. The summed E-state index contributed by atoms with van der Waals surface area (Å²) in [6, 6.07) is -0.684. The van der Waals surface area contributed by atoms with Crippen LogP contribution in [0.25, 0.3) is 0 Å². The van der Waals surface area contributed by atoms with Crippen LogP contribution in [0.5, 0.6) is 0 Å². The maximum Gasteiger partial charge on any atom is 0.316 e. The van der Waals surface area contributed by atoms with Gasteiger partial charge in [-0.3, -0.25) is 4.79 Å². The monoisotopic (exact) mass is 252 g/mol. The number of carbonyl (C=O) groups excluding carboxylic acids is 1. The average Bonchev–Trinajstić information content (AvgIpc) is 2.73. The predicted molar refractivity (Wildman–Crippen MR) is 68.0 cm³/mol. The van der Waals surface area contributed by atoms with Gasteiger partial charge in [0.15, 0.2) is 0 Å². The number of carboxylic acid groups (broad SMARTS) is 1. The molecule has 1 unspecified atom stereocenters. The van der Waals surface area contributed by atoms with Crippen molar-refractivity contribution in [3.05, 3.63) is 0 Å². The van der Waals surface area contributed by atoms with Gasteiger partial charge in [0, 0.05) is 0 Å². The molecule has 3 N–H and O–H groups in total. The highest BCUT2D eigenvalue weighted by Crippen LogP contribution is 2.32. The number of rotatable bonds is 5. The minimum absolute atomic E-state index is 0.0345. The molecule has 0 aromatic rings. The van der Waals surface area contributed by atoms with Crippen molar-refractivity contribution in [1.29, 1.82) is 0 Å². The molecule has 0 aromatic heterocycles.